The van der Waals surface area contributed by atoms with Crippen LogP contribution < -0.4 is 4.74 Å². The first kappa shape index (κ1) is 19.4. The molecule has 1 N–H and O–H groups in total. The molecular weight excluding hydrogens is 362 g/mol. The Morgan fingerprint density at radius 2 is 2.11 bits per heavy atom. The molecule has 1 aliphatic heterocycles. The van der Waals surface area contributed by atoms with Gasteiger partial charge in [-0.1, -0.05) is 26.0 Å². The second kappa shape index (κ2) is 8.54. The van der Waals surface area contributed by atoms with E-state index in [-0.39, 0.29) is 17.7 Å². The van der Waals surface area contributed by atoms with Gasteiger partial charge >= 0.3 is 0 Å². The number of phenolic OH excluding ortho intramolecular Hbond substituents is 1. The molecular formula is C20H25N3O3S. The van der Waals surface area contributed by atoms with Crippen molar-refractivity contribution in [3.05, 3.63) is 46.2 Å². The first-order valence-corrected chi connectivity index (χ1v) is 9.98. The molecule has 0 aliphatic carbocycles. The average molecular weight is 388 g/mol. The van der Waals surface area contributed by atoms with Crippen molar-refractivity contribution in [3.63, 3.8) is 0 Å². The maximum atomic E-state index is 13.0. The number of hydrogen-bond acceptors (Lipinski definition) is 6. The fraction of sp³-hybridized carbons (Fsp3) is 0.400. The van der Waals surface area contributed by atoms with E-state index in [4.69, 9.17) is 4.74 Å². The van der Waals surface area contributed by atoms with Crippen molar-refractivity contribution in [1.29, 1.82) is 0 Å². The molecule has 0 saturated heterocycles. The molecule has 3 rings (SSSR count). The quantitative estimate of drug-likeness (QED) is 0.790. The number of amides is 1. The van der Waals surface area contributed by atoms with Gasteiger partial charge < -0.3 is 9.84 Å². The van der Waals surface area contributed by atoms with Crippen molar-refractivity contribution < 1.29 is 14.6 Å². The molecule has 1 aromatic carbocycles. The summed E-state index contributed by atoms with van der Waals surface area (Å²) in [5.41, 5.74) is 1.30. The number of likely N-dealkylation sites (N-methyl/N-ethyl adjacent to an activating group) is 1. The van der Waals surface area contributed by atoms with Crippen LogP contribution in [0.25, 0.3) is 0 Å². The van der Waals surface area contributed by atoms with E-state index in [0.717, 1.165) is 18.0 Å². The van der Waals surface area contributed by atoms with Gasteiger partial charge in [0.1, 0.15) is 0 Å². The Bertz CT molecular complexity index is 816. The number of rotatable bonds is 7. The van der Waals surface area contributed by atoms with E-state index in [9.17, 15) is 9.90 Å². The van der Waals surface area contributed by atoms with Gasteiger partial charge in [-0.2, -0.15) is 5.10 Å². The van der Waals surface area contributed by atoms with Gasteiger partial charge in [-0.25, -0.2) is 5.01 Å². The molecule has 27 heavy (non-hydrogen) atoms. The predicted molar refractivity (Wildman–Crippen MR) is 108 cm³/mol. The molecule has 0 radical (unpaired) electrons. The summed E-state index contributed by atoms with van der Waals surface area (Å²) in [4.78, 5) is 16.1. The van der Waals surface area contributed by atoms with E-state index in [2.05, 4.69) is 10.0 Å². The highest BCUT2D eigenvalue weighted by Crippen LogP contribution is 2.38. The fourth-order valence-electron chi connectivity index (χ4n) is 3.24. The number of benzene rings is 1. The number of hydrogen-bond donors (Lipinski definition) is 1. The number of ether oxygens (including phenoxy) is 1. The fourth-order valence-corrected chi connectivity index (χ4v) is 4.05. The molecule has 6 nitrogen and oxygen atoms in total. The summed E-state index contributed by atoms with van der Waals surface area (Å²) in [6.45, 7) is 6.04. The third-order valence-corrected chi connectivity index (χ3v) is 5.79. The summed E-state index contributed by atoms with van der Waals surface area (Å²) >= 11 is 1.61. The Hall–Kier alpha value is -2.38. The number of para-hydroxylation sites is 1. The molecule has 0 bridgehead atoms. The molecule has 1 aromatic heterocycles. The summed E-state index contributed by atoms with van der Waals surface area (Å²) in [5.74, 6) is 0.423. The van der Waals surface area contributed by atoms with Crippen molar-refractivity contribution >= 4 is 23.0 Å². The van der Waals surface area contributed by atoms with Crippen molar-refractivity contribution in [2.24, 2.45) is 5.10 Å². The number of phenols is 1. The van der Waals surface area contributed by atoms with Gasteiger partial charge in [0.05, 0.1) is 25.4 Å². The Kier molecular flexibility index (Phi) is 6.13. The lowest BCUT2D eigenvalue weighted by Gasteiger charge is -2.24. The van der Waals surface area contributed by atoms with Gasteiger partial charge in [0.25, 0.3) is 5.91 Å². The van der Waals surface area contributed by atoms with Crippen LogP contribution in [-0.4, -0.2) is 53.4 Å². The first-order chi connectivity index (χ1) is 13.1. The molecule has 144 valence electrons. The predicted octanol–water partition coefficient (Wildman–Crippen LogP) is 3.48. The highest BCUT2D eigenvalue weighted by atomic mass is 32.1. The Morgan fingerprint density at radius 1 is 1.33 bits per heavy atom. The maximum Gasteiger partial charge on any atom is 0.257 e. The molecule has 0 spiro atoms. The third kappa shape index (κ3) is 3.99. The molecule has 1 amide bonds. The molecule has 2 heterocycles. The average Bonchev–Trinajstić information content (AvgIpc) is 3.35. The second-order valence-electron chi connectivity index (χ2n) is 6.34. The number of methoxy groups -OCH3 is 1. The minimum Gasteiger partial charge on any atom is -0.504 e. The number of hydrazone groups is 1. The van der Waals surface area contributed by atoms with E-state index in [1.54, 1.807) is 28.5 Å². The number of thiophene rings is 1. The number of aromatic hydroxyl groups is 1. The van der Waals surface area contributed by atoms with Crippen molar-refractivity contribution in [1.82, 2.24) is 9.91 Å². The lowest BCUT2D eigenvalue weighted by Crippen LogP contribution is -2.37. The van der Waals surface area contributed by atoms with Crippen LogP contribution in [0.5, 0.6) is 11.5 Å². The lowest BCUT2D eigenvalue weighted by molar-refractivity contribution is -0.134. The van der Waals surface area contributed by atoms with Crippen LogP contribution in [-0.2, 0) is 4.79 Å². The van der Waals surface area contributed by atoms with Gasteiger partial charge in [0, 0.05) is 16.9 Å². The highest BCUT2D eigenvalue weighted by Gasteiger charge is 2.35. The third-order valence-electron chi connectivity index (χ3n) is 4.82. The smallest absolute Gasteiger partial charge is 0.257 e. The molecule has 7 heteroatoms. The van der Waals surface area contributed by atoms with Crippen LogP contribution in [0.3, 0.4) is 0 Å². The Balaban J connectivity index is 1.93. The molecule has 2 aromatic rings. The van der Waals surface area contributed by atoms with Crippen LogP contribution >= 0.6 is 11.3 Å². The van der Waals surface area contributed by atoms with E-state index >= 15 is 0 Å². The SMILES string of the molecule is CCN(CC)CC(=O)N1N=C(c2cccc(OC)c2O)C[C@H]1c1cccs1. The minimum atomic E-state index is -0.145. The molecule has 0 unspecified atom stereocenters. The van der Waals surface area contributed by atoms with Gasteiger partial charge in [0.2, 0.25) is 0 Å². The lowest BCUT2D eigenvalue weighted by atomic mass is 10.0. The van der Waals surface area contributed by atoms with Gasteiger partial charge in [-0.15, -0.1) is 11.3 Å². The molecule has 0 saturated carbocycles. The highest BCUT2D eigenvalue weighted by molar-refractivity contribution is 7.10. The zero-order chi connectivity index (χ0) is 19.4. The van der Waals surface area contributed by atoms with Gasteiger partial charge in [-0.3, -0.25) is 9.69 Å². The minimum absolute atomic E-state index is 0.0329. The van der Waals surface area contributed by atoms with E-state index in [1.165, 1.54) is 7.11 Å². The summed E-state index contributed by atoms with van der Waals surface area (Å²) in [6.07, 6.45) is 0.561. The topological polar surface area (TPSA) is 65.4 Å². The summed E-state index contributed by atoms with van der Waals surface area (Å²) in [7, 11) is 1.52. The first-order valence-electron chi connectivity index (χ1n) is 9.10. The van der Waals surface area contributed by atoms with Gasteiger partial charge in [0.15, 0.2) is 11.5 Å². The van der Waals surface area contributed by atoms with Crippen LogP contribution in [0.15, 0.2) is 40.8 Å². The standard InChI is InChI=1S/C20H25N3O3S/c1-4-22(5-2)13-19(24)23-16(18-10-7-11-27-18)12-15(21-23)14-8-6-9-17(26-3)20(14)25/h6-11,16,25H,4-5,12-13H2,1-3H3/t16-/m0/s1. The van der Waals surface area contributed by atoms with Crippen molar-refractivity contribution in [2.75, 3.05) is 26.7 Å². The number of carbonyl (C=O) groups is 1. The summed E-state index contributed by atoms with van der Waals surface area (Å²) in [6, 6.07) is 9.19. The molecule has 0 fully saturated rings. The van der Waals surface area contributed by atoms with E-state index in [1.807, 2.05) is 37.4 Å². The second-order valence-corrected chi connectivity index (χ2v) is 7.32. The van der Waals surface area contributed by atoms with Gasteiger partial charge in [-0.05, 0) is 36.7 Å². The van der Waals surface area contributed by atoms with Crippen molar-refractivity contribution in [3.8, 4) is 11.5 Å². The van der Waals surface area contributed by atoms with Crippen LogP contribution in [0, 0.1) is 0 Å². The van der Waals surface area contributed by atoms with E-state index < -0.39 is 0 Å². The zero-order valence-electron chi connectivity index (χ0n) is 15.9. The number of carbonyl (C=O) groups excluding carboxylic acids is 1. The Labute approximate surface area is 163 Å². The molecule has 1 aliphatic rings. The monoisotopic (exact) mass is 387 g/mol. The van der Waals surface area contributed by atoms with Crippen LogP contribution in [0.4, 0.5) is 0 Å². The normalized spacial score (nSPS) is 16.7. The van der Waals surface area contributed by atoms with Crippen LogP contribution in [0.1, 0.15) is 36.8 Å². The molecule has 1 atom stereocenters. The summed E-state index contributed by atoms with van der Waals surface area (Å²) in [5, 5.41) is 18.7. The largest absolute Gasteiger partial charge is 0.504 e. The number of nitrogens with zero attached hydrogens (tertiary/aromatic N) is 3. The van der Waals surface area contributed by atoms with E-state index in [0.29, 0.717) is 30.0 Å². The Morgan fingerprint density at radius 3 is 2.74 bits per heavy atom. The maximum absolute atomic E-state index is 13.0. The summed E-state index contributed by atoms with van der Waals surface area (Å²) < 4.78 is 5.21. The zero-order valence-corrected chi connectivity index (χ0v) is 16.7. The van der Waals surface area contributed by atoms with Crippen LogP contribution in [0.2, 0.25) is 0 Å². The van der Waals surface area contributed by atoms with Crippen molar-refractivity contribution in [2.45, 2.75) is 26.3 Å².